The first-order chi connectivity index (χ1) is 19.7. The van der Waals surface area contributed by atoms with Crippen LogP contribution in [0.1, 0.15) is 69.8 Å². The Bertz CT molecular complexity index is 1880. The molecule has 43 heavy (non-hydrogen) atoms. The first kappa shape index (κ1) is 32.9. The summed E-state index contributed by atoms with van der Waals surface area (Å²) in [6.07, 6.45) is 10.6. The van der Waals surface area contributed by atoms with Crippen molar-refractivity contribution in [3.63, 3.8) is 0 Å². The van der Waals surface area contributed by atoms with E-state index < -0.39 is 0 Å². The summed E-state index contributed by atoms with van der Waals surface area (Å²) in [6.45, 7) is 6.80. The van der Waals surface area contributed by atoms with E-state index >= 15 is 0 Å². The summed E-state index contributed by atoms with van der Waals surface area (Å²) in [5.41, 5.74) is 15.9. The average Bonchev–Trinajstić information content (AvgIpc) is 3.59. The standard InChI is InChI=1S/C40H33.2ClH.Zr/c1-4-27-19-21-33-31(23-27)24-36-35(33)25-37(39(28-14-8-6-9-15-28)29-16-10-7-11-17-29)32(5-2)40(36)34-22-20-30-18-12-13-26(3)38(30)34;;;/h6-23,25,34H,4-5H2,1-3H3;2*1H;/q-1;;;+3/p-2. The van der Waals surface area contributed by atoms with Crippen molar-refractivity contribution in [1.29, 1.82) is 0 Å². The maximum Gasteiger partial charge on any atom is 3.00 e. The van der Waals surface area contributed by atoms with Gasteiger partial charge in [0.2, 0.25) is 0 Å². The molecule has 0 heterocycles. The second-order valence-electron chi connectivity index (χ2n) is 11.0. The number of benzene rings is 5. The third-order valence-corrected chi connectivity index (χ3v) is 8.72. The van der Waals surface area contributed by atoms with Gasteiger partial charge in [0.25, 0.3) is 0 Å². The molecule has 0 saturated heterocycles. The van der Waals surface area contributed by atoms with E-state index in [1.54, 1.807) is 0 Å². The smallest absolute Gasteiger partial charge is 1.00 e. The minimum atomic E-state index is 0. The van der Waals surface area contributed by atoms with Crippen molar-refractivity contribution in [2.24, 2.45) is 0 Å². The van der Waals surface area contributed by atoms with Crippen LogP contribution in [0.15, 0.2) is 109 Å². The second kappa shape index (κ2) is 13.8. The summed E-state index contributed by atoms with van der Waals surface area (Å²) >= 11 is 0. The molecule has 211 valence electrons. The number of fused-ring (bicyclic) bond motifs is 4. The molecule has 0 amide bonds. The van der Waals surface area contributed by atoms with Crippen molar-refractivity contribution in [2.45, 2.75) is 39.5 Å². The van der Waals surface area contributed by atoms with Crippen LogP contribution in [-0.4, -0.2) is 0 Å². The fraction of sp³-hybridized carbons (Fsp3) is 0.150. The molecule has 0 N–H and O–H groups in total. The molecular weight excluding hydrogens is 643 g/mol. The van der Waals surface area contributed by atoms with Crippen LogP contribution in [0.2, 0.25) is 0 Å². The third-order valence-electron chi connectivity index (χ3n) is 8.72. The Morgan fingerprint density at radius 2 is 1.37 bits per heavy atom. The van der Waals surface area contributed by atoms with Crippen LogP contribution in [0.4, 0.5) is 0 Å². The van der Waals surface area contributed by atoms with Gasteiger partial charge in [0.05, 0.1) is 0 Å². The zero-order chi connectivity index (χ0) is 27.2. The number of aryl methyl sites for hydroxylation is 2. The Balaban J connectivity index is 0.00000141. The first-order valence-electron chi connectivity index (χ1n) is 14.5. The van der Waals surface area contributed by atoms with E-state index in [0.717, 1.165) is 12.8 Å². The molecule has 1 radical (unpaired) electrons. The van der Waals surface area contributed by atoms with Gasteiger partial charge in [-0.3, -0.25) is 0 Å². The number of hydrogen-bond donors (Lipinski definition) is 0. The predicted molar refractivity (Wildman–Crippen MR) is 169 cm³/mol. The minimum absolute atomic E-state index is 0. The SMILES string of the molecule is CCc1ccc2c(c1)[C-]=c1c-2cc(=C(c2ccccc2)c2ccccc2)c(CC)c1C1C=Cc2cccc(C)c21.[Cl-].[Cl-].[Zr+3]. The van der Waals surface area contributed by atoms with Gasteiger partial charge in [-0.1, -0.05) is 140 Å². The summed E-state index contributed by atoms with van der Waals surface area (Å²) in [5.74, 6) is 0.208. The van der Waals surface area contributed by atoms with Crippen LogP contribution >= 0.6 is 0 Å². The van der Waals surface area contributed by atoms with Gasteiger partial charge in [-0.15, -0.1) is 34.1 Å². The number of halogens is 2. The fourth-order valence-electron chi connectivity index (χ4n) is 6.82. The van der Waals surface area contributed by atoms with E-state index in [1.165, 1.54) is 77.2 Å². The summed E-state index contributed by atoms with van der Waals surface area (Å²) in [5, 5.41) is 2.60. The van der Waals surface area contributed by atoms with E-state index in [2.05, 4.69) is 142 Å². The maximum atomic E-state index is 3.93. The van der Waals surface area contributed by atoms with Crippen molar-refractivity contribution < 1.29 is 51.0 Å². The molecule has 1 atom stereocenters. The molecule has 2 aliphatic rings. The number of rotatable bonds is 5. The number of hydrogen-bond acceptors (Lipinski definition) is 0. The third kappa shape index (κ3) is 5.69. The molecule has 5 aromatic carbocycles. The van der Waals surface area contributed by atoms with E-state index in [0.29, 0.717) is 0 Å². The molecule has 0 saturated carbocycles. The van der Waals surface area contributed by atoms with Crippen molar-refractivity contribution in [1.82, 2.24) is 0 Å². The zero-order valence-corrected chi connectivity index (χ0v) is 28.7. The summed E-state index contributed by atoms with van der Waals surface area (Å²) < 4.78 is 0. The van der Waals surface area contributed by atoms with Crippen molar-refractivity contribution >= 4 is 17.7 Å². The molecule has 0 aliphatic heterocycles. The molecule has 1 unspecified atom stereocenters. The monoisotopic (exact) mass is 673 g/mol. The topological polar surface area (TPSA) is 0 Å². The molecule has 0 spiro atoms. The molecule has 0 aromatic heterocycles. The van der Waals surface area contributed by atoms with Crippen LogP contribution < -0.4 is 35.3 Å². The Kier molecular flexibility index (Phi) is 10.6. The average molecular weight is 676 g/mol. The summed E-state index contributed by atoms with van der Waals surface area (Å²) in [7, 11) is 0. The van der Waals surface area contributed by atoms with E-state index in [-0.39, 0.29) is 56.9 Å². The van der Waals surface area contributed by atoms with Crippen molar-refractivity contribution in [3.05, 3.63) is 170 Å². The van der Waals surface area contributed by atoms with E-state index in [4.69, 9.17) is 0 Å². The van der Waals surface area contributed by atoms with Gasteiger partial charge in [-0.2, -0.15) is 0 Å². The molecule has 2 aliphatic carbocycles. The normalized spacial score (nSPS) is 13.4. The fourth-order valence-corrected chi connectivity index (χ4v) is 6.82. The number of allylic oxidation sites excluding steroid dienone is 1. The minimum Gasteiger partial charge on any atom is -1.00 e. The van der Waals surface area contributed by atoms with Gasteiger partial charge in [0.15, 0.2) is 0 Å². The molecule has 3 heteroatoms. The summed E-state index contributed by atoms with van der Waals surface area (Å²) in [4.78, 5) is 0. The van der Waals surface area contributed by atoms with Gasteiger partial charge in [-0.25, -0.2) is 0 Å². The largest absolute Gasteiger partial charge is 3.00 e. The molecule has 0 fully saturated rings. The first-order valence-corrected chi connectivity index (χ1v) is 14.5. The molecular formula is C40H33Cl2Zr. The predicted octanol–water partition coefficient (Wildman–Crippen LogP) is 2.22. The van der Waals surface area contributed by atoms with Crippen LogP contribution in [0.25, 0.3) is 28.9 Å². The van der Waals surface area contributed by atoms with Crippen molar-refractivity contribution in [2.75, 3.05) is 0 Å². The van der Waals surface area contributed by atoms with Crippen LogP contribution in [0.3, 0.4) is 0 Å². The van der Waals surface area contributed by atoms with E-state index in [1.807, 2.05) is 0 Å². The molecule has 0 nitrogen and oxygen atoms in total. The summed E-state index contributed by atoms with van der Waals surface area (Å²) in [6, 6.07) is 38.0. The quantitative estimate of drug-likeness (QED) is 0.246. The Morgan fingerprint density at radius 1 is 0.698 bits per heavy atom. The Morgan fingerprint density at radius 3 is 2.00 bits per heavy atom. The van der Waals surface area contributed by atoms with Crippen LogP contribution in [0, 0.1) is 6.92 Å². The molecule has 5 aromatic rings. The van der Waals surface area contributed by atoms with Gasteiger partial charge in [-0.05, 0) is 58.4 Å². The van der Waals surface area contributed by atoms with E-state index in [9.17, 15) is 0 Å². The van der Waals surface area contributed by atoms with Gasteiger partial charge >= 0.3 is 26.2 Å². The van der Waals surface area contributed by atoms with Crippen LogP contribution in [-0.2, 0) is 39.0 Å². The van der Waals surface area contributed by atoms with Crippen molar-refractivity contribution in [3.8, 4) is 11.1 Å². The van der Waals surface area contributed by atoms with Gasteiger partial charge in [0, 0.05) is 5.92 Å². The van der Waals surface area contributed by atoms with Gasteiger partial charge < -0.3 is 24.8 Å². The van der Waals surface area contributed by atoms with Crippen LogP contribution in [0.5, 0.6) is 0 Å². The Labute approximate surface area is 287 Å². The maximum absolute atomic E-state index is 3.93. The van der Waals surface area contributed by atoms with Gasteiger partial charge in [0.1, 0.15) is 0 Å². The molecule has 0 bridgehead atoms. The molecule has 7 rings (SSSR count). The zero-order valence-electron chi connectivity index (χ0n) is 24.7. The second-order valence-corrected chi connectivity index (χ2v) is 11.0. The Hall–Kier alpha value is -2.96.